The second kappa shape index (κ2) is 9.52. The first-order chi connectivity index (χ1) is 16.4. The Morgan fingerprint density at radius 1 is 1.03 bits per heavy atom. The number of methoxy groups -OCH3 is 1. The molecule has 0 saturated heterocycles. The van der Waals surface area contributed by atoms with Gasteiger partial charge in [-0.05, 0) is 36.4 Å². The van der Waals surface area contributed by atoms with Crippen molar-refractivity contribution in [3.8, 4) is 5.75 Å². The van der Waals surface area contributed by atoms with Gasteiger partial charge in [0, 0.05) is 23.8 Å². The molecule has 34 heavy (non-hydrogen) atoms. The number of imidazole rings is 1. The molecule has 3 aromatic carbocycles. The van der Waals surface area contributed by atoms with Crippen molar-refractivity contribution in [3.63, 3.8) is 0 Å². The lowest BCUT2D eigenvalue weighted by Crippen LogP contribution is -2.03. The summed E-state index contributed by atoms with van der Waals surface area (Å²) < 4.78 is 5.04. The first-order valence-electron chi connectivity index (χ1n) is 9.72. The summed E-state index contributed by atoms with van der Waals surface area (Å²) >= 11 is 0. The van der Waals surface area contributed by atoms with Crippen molar-refractivity contribution in [2.45, 2.75) is 0 Å². The van der Waals surface area contributed by atoms with Crippen LogP contribution in [0.5, 0.6) is 5.75 Å². The SMILES string of the molecule is COc1ccc(/C(N=Nc2nc3ccccc3[nH]2)=N/Nc2ccc([N+](=O)[O-])cc2)cc1[N+](=O)[O-]. The van der Waals surface area contributed by atoms with Crippen molar-refractivity contribution in [3.05, 3.63) is 92.5 Å². The highest BCUT2D eigenvalue weighted by Gasteiger charge is 2.18. The fraction of sp³-hybridized carbons (Fsp3) is 0.0476. The second-order valence-corrected chi connectivity index (χ2v) is 6.77. The number of nitro groups is 2. The minimum Gasteiger partial charge on any atom is -0.490 e. The number of rotatable bonds is 7. The van der Waals surface area contributed by atoms with Crippen molar-refractivity contribution in [1.29, 1.82) is 0 Å². The van der Waals surface area contributed by atoms with Crippen LogP contribution in [0, 0.1) is 20.2 Å². The minimum absolute atomic E-state index is 0.00422. The van der Waals surface area contributed by atoms with E-state index in [2.05, 4.69) is 30.7 Å². The van der Waals surface area contributed by atoms with Crippen LogP contribution in [0.2, 0.25) is 0 Å². The van der Waals surface area contributed by atoms with Gasteiger partial charge >= 0.3 is 5.69 Å². The Morgan fingerprint density at radius 3 is 2.47 bits per heavy atom. The standard InChI is InChI=1S/C21H16N8O5/c1-34-19-11-6-13(12-18(19)29(32)33)20(25-24-14-7-9-15(10-8-14)28(30)31)26-27-21-22-16-4-2-3-5-17(16)23-21/h2-12,24H,1H3,(H,22,23)/b25-20-,27-26?. The zero-order chi connectivity index (χ0) is 24.1. The van der Waals surface area contributed by atoms with Gasteiger partial charge in [-0.1, -0.05) is 12.1 Å². The van der Waals surface area contributed by atoms with Gasteiger partial charge in [-0.3, -0.25) is 25.7 Å². The van der Waals surface area contributed by atoms with Gasteiger partial charge in [0.2, 0.25) is 11.8 Å². The van der Waals surface area contributed by atoms with Crippen LogP contribution in [0.4, 0.5) is 23.0 Å². The summed E-state index contributed by atoms with van der Waals surface area (Å²) in [6.45, 7) is 0. The average Bonchev–Trinajstić information content (AvgIpc) is 3.27. The van der Waals surface area contributed by atoms with Gasteiger partial charge in [-0.25, -0.2) is 4.98 Å². The van der Waals surface area contributed by atoms with E-state index in [0.717, 1.165) is 5.52 Å². The number of nitro benzene ring substituents is 2. The topological polar surface area (TPSA) is 173 Å². The number of nitrogens with one attached hydrogen (secondary N) is 2. The van der Waals surface area contributed by atoms with Gasteiger partial charge in [0.25, 0.3) is 5.69 Å². The summed E-state index contributed by atoms with van der Waals surface area (Å²) in [5.74, 6) is 0.294. The monoisotopic (exact) mass is 460 g/mol. The van der Waals surface area contributed by atoms with Crippen LogP contribution in [0.15, 0.2) is 82.1 Å². The number of hydrogen-bond donors (Lipinski definition) is 2. The Morgan fingerprint density at radius 2 is 1.79 bits per heavy atom. The summed E-state index contributed by atoms with van der Waals surface area (Å²) in [6, 6.07) is 17.1. The third-order valence-electron chi connectivity index (χ3n) is 4.62. The highest BCUT2D eigenvalue weighted by atomic mass is 16.6. The molecule has 0 fully saturated rings. The largest absolute Gasteiger partial charge is 0.490 e. The molecule has 4 rings (SSSR count). The van der Waals surface area contributed by atoms with Crippen LogP contribution in [0.1, 0.15) is 5.56 Å². The molecule has 0 unspecified atom stereocenters. The van der Waals surface area contributed by atoms with Crippen molar-refractivity contribution >= 4 is 39.9 Å². The Balaban J connectivity index is 1.70. The van der Waals surface area contributed by atoms with Crippen LogP contribution >= 0.6 is 0 Å². The number of hydrogen-bond acceptors (Lipinski definition) is 9. The molecule has 4 aromatic rings. The van der Waals surface area contributed by atoms with Gasteiger partial charge in [0.1, 0.15) is 0 Å². The maximum Gasteiger partial charge on any atom is 0.311 e. The van der Waals surface area contributed by atoms with E-state index in [1.54, 1.807) is 6.07 Å². The number of amidine groups is 1. The van der Waals surface area contributed by atoms with Crippen molar-refractivity contribution in [2.75, 3.05) is 12.5 Å². The van der Waals surface area contributed by atoms with E-state index in [1.807, 2.05) is 24.3 Å². The molecule has 1 aromatic heterocycles. The molecular formula is C21H16N8O5. The second-order valence-electron chi connectivity index (χ2n) is 6.77. The van der Waals surface area contributed by atoms with Gasteiger partial charge in [-0.2, -0.15) is 5.10 Å². The fourth-order valence-electron chi connectivity index (χ4n) is 2.97. The smallest absolute Gasteiger partial charge is 0.311 e. The zero-order valence-electron chi connectivity index (χ0n) is 17.6. The number of H-pyrrole nitrogens is 1. The maximum absolute atomic E-state index is 11.4. The first-order valence-corrected chi connectivity index (χ1v) is 9.72. The number of para-hydroxylation sites is 2. The zero-order valence-corrected chi connectivity index (χ0v) is 17.6. The summed E-state index contributed by atoms with van der Waals surface area (Å²) in [7, 11) is 1.33. The van der Waals surface area contributed by atoms with Crippen LogP contribution in [-0.2, 0) is 0 Å². The molecule has 13 nitrogen and oxygen atoms in total. The lowest BCUT2D eigenvalue weighted by molar-refractivity contribution is -0.385. The average molecular weight is 460 g/mol. The van der Waals surface area contributed by atoms with E-state index in [9.17, 15) is 20.2 Å². The van der Waals surface area contributed by atoms with Gasteiger partial charge in [-0.15, -0.1) is 10.2 Å². The number of benzene rings is 3. The maximum atomic E-state index is 11.4. The van der Waals surface area contributed by atoms with Crippen LogP contribution < -0.4 is 10.2 Å². The lowest BCUT2D eigenvalue weighted by atomic mass is 10.1. The molecule has 0 spiro atoms. The molecule has 0 atom stereocenters. The summed E-state index contributed by atoms with van der Waals surface area (Å²) in [4.78, 5) is 28.5. The highest BCUT2D eigenvalue weighted by Crippen LogP contribution is 2.28. The van der Waals surface area contributed by atoms with Gasteiger partial charge < -0.3 is 9.72 Å². The fourth-order valence-corrected chi connectivity index (χ4v) is 2.97. The Kier molecular flexibility index (Phi) is 6.16. The first kappa shape index (κ1) is 22.0. The summed E-state index contributed by atoms with van der Waals surface area (Å²) in [5.41, 5.74) is 4.55. The summed E-state index contributed by atoms with van der Waals surface area (Å²) in [5, 5.41) is 34.7. The number of aromatic amines is 1. The van der Waals surface area contributed by atoms with Crippen molar-refractivity contribution in [2.24, 2.45) is 15.3 Å². The molecule has 0 saturated carbocycles. The third kappa shape index (κ3) is 4.83. The molecule has 0 amide bonds. The molecular weight excluding hydrogens is 444 g/mol. The molecule has 2 N–H and O–H groups in total. The lowest BCUT2D eigenvalue weighted by Gasteiger charge is -2.05. The molecule has 1 heterocycles. The highest BCUT2D eigenvalue weighted by molar-refractivity contribution is 6.00. The predicted octanol–water partition coefficient (Wildman–Crippen LogP) is 4.95. The number of nitrogens with zero attached hydrogens (tertiary/aromatic N) is 6. The van der Waals surface area contributed by atoms with Crippen molar-refractivity contribution < 1.29 is 14.6 Å². The van der Waals surface area contributed by atoms with E-state index < -0.39 is 9.85 Å². The van der Waals surface area contributed by atoms with E-state index in [0.29, 0.717) is 11.2 Å². The number of anilines is 1. The number of ether oxygens (including phenoxy) is 1. The normalized spacial score (nSPS) is 11.6. The number of hydrazone groups is 1. The van der Waals surface area contributed by atoms with E-state index in [-0.39, 0.29) is 34.5 Å². The van der Waals surface area contributed by atoms with Gasteiger partial charge in [0.05, 0.1) is 33.7 Å². The number of fused-ring (bicyclic) bond motifs is 1. The molecule has 170 valence electrons. The van der Waals surface area contributed by atoms with Crippen LogP contribution in [0.3, 0.4) is 0 Å². The number of aromatic nitrogens is 2. The van der Waals surface area contributed by atoms with E-state index >= 15 is 0 Å². The molecule has 0 radical (unpaired) electrons. The van der Waals surface area contributed by atoms with Crippen LogP contribution in [0.25, 0.3) is 11.0 Å². The molecule has 13 heteroatoms. The molecule has 0 aliphatic carbocycles. The van der Waals surface area contributed by atoms with Gasteiger partial charge in [0.15, 0.2) is 5.75 Å². The Labute approximate surface area is 191 Å². The van der Waals surface area contributed by atoms with Crippen LogP contribution in [-0.4, -0.2) is 32.8 Å². The van der Waals surface area contributed by atoms with Crippen molar-refractivity contribution in [1.82, 2.24) is 9.97 Å². The van der Waals surface area contributed by atoms with E-state index in [4.69, 9.17) is 4.74 Å². The minimum atomic E-state index is -0.583. The predicted molar refractivity (Wildman–Crippen MR) is 124 cm³/mol. The third-order valence-corrected chi connectivity index (χ3v) is 4.62. The van der Waals surface area contributed by atoms with E-state index in [1.165, 1.54) is 43.5 Å². The Bertz CT molecular complexity index is 1400. The number of azo groups is 1. The number of non-ortho nitro benzene ring substituents is 1. The molecule has 0 aliphatic rings. The molecule has 0 bridgehead atoms. The summed E-state index contributed by atoms with van der Waals surface area (Å²) in [6.07, 6.45) is 0. The quantitative estimate of drug-likeness (QED) is 0.129. The molecule has 0 aliphatic heterocycles. The Hall–Kier alpha value is -5.20.